The third kappa shape index (κ3) is 13.9. The van der Waals surface area contributed by atoms with E-state index in [1.807, 2.05) is 13.8 Å². The number of hydrogen-bond donors (Lipinski definition) is 3. The summed E-state index contributed by atoms with van der Waals surface area (Å²) in [4.78, 5) is 12.2. The summed E-state index contributed by atoms with van der Waals surface area (Å²) in [5.74, 6) is 5.26. The molecule has 0 amide bonds. The van der Waals surface area contributed by atoms with Gasteiger partial charge in [-0.25, -0.2) is 0 Å². The molecule has 5 aliphatic rings. The van der Waals surface area contributed by atoms with Crippen LogP contribution >= 0.6 is 0 Å². The van der Waals surface area contributed by atoms with Gasteiger partial charge >= 0.3 is 5.97 Å². The average molecular weight is 821 g/mol. The van der Waals surface area contributed by atoms with Gasteiger partial charge in [0.25, 0.3) is 0 Å². The van der Waals surface area contributed by atoms with E-state index >= 15 is 0 Å². The molecule has 6 unspecified atom stereocenters. The van der Waals surface area contributed by atoms with Crippen LogP contribution in [0.4, 0.5) is 0 Å². The third-order valence-electron chi connectivity index (χ3n) is 16.2. The molecule has 4 saturated carbocycles. The van der Waals surface area contributed by atoms with Gasteiger partial charge in [0.2, 0.25) is 0 Å². The first-order valence-electron chi connectivity index (χ1n) is 25.3. The summed E-state index contributed by atoms with van der Waals surface area (Å²) < 4.78 is 17.8. The van der Waals surface area contributed by atoms with E-state index in [1.165, 1.54) is 103 Å². The molecule has 14 atom stereocenters. The summed E-state index contributed by atoms with van der Waals surface area (Å²) in [7, 11) is 0. The second-order valence-corrected chi connectivity index (χ2v) is 20.5. The molecule has 4 aliphatic carbocycles. The molecule has 5 rings (SSSR count). The lowest BCUT2D eigenvalue weighted by atomic mass is 9.44. The van der Waals surface area contributed by atoms with Crippen molar-refractivity contribution in [3.05, 3.63) is 0 Å². The second-order valence-electron chi connectivity index (χ2n) is 20.5. The van der Waals surface area contributed by atoms with Crippen LogP contribution in [0.15, 0.2) is 0 Å². The SMILES string of the molecule is CC.CCCCCCC(=O)OCC1O[C@@H](O[C@H]2CCC3(C)C4CCC5(C)C([C@H](C)CCCC(C)C)CC[C@H]5[C@@H]4CC[C@H]3C2)C(O)[C@@H](O)[C@H]1O.CCCCCCCCC. The number of aliphatic hydroxyl groups excluding tert-OH is 3. The second kappa shape index (κ2) is 26.0. The maximum Gasteiger partial charge on any atom is 0.305 e. The minimum absolute atomic E-state index is 0.0649. The molecule has 1 heterocycles. The van der Waals surface area contributed by atoms with Crippen LogP contribution in [-0.4, -0.2) is 64.7 Å². The Hall–Kier alpha value is -0.730. The molecular formula is C51H96O7. The van der Waals surface area contributed by atoms with Crippen molar-refractivity contribution >= 4 is 5.97 Å². The van der Waals surface area contributed by atoms with Crippen LogP contribution in [-0.2, 0) is 19.0 Å². The van der Waals surface area contributed by atoms with Crippen LogP contribution in [0.5, 0.6) is 0 Å². The average Bonchev–Trinajstić information content (AvgIpc) is 3.57. The Bertz CT molecular complexity index is 1110. The Kier molecular flexibility index (Phi) is 23.2. The van der Waals surface area contributed by atoms with Gasteiger partial charge in [-0.2, -0.15) is 0 Å². The molecule has 58 heavy (non-hydrogen) atoms. The fourth-order valence-corrected chi connectivity index (χ4v) is 12.7. The molecular weight excluding hydrogens is 725 g/mol. The number of fused-ring (bicyclic) bond motifs is 5. The first-order valence-corrected chi connectivity index (χ1v) is 25.3. The lowest BCUT2D eigenvalue weighted by Crippen LogP contribution is -2.60. The van der Waals surface area contributed by atoms with Gasteiger partial charge in [0.1, 0.15) is 31.0 Å². The van der Waals surface area contributed by atoms with Crippen molar-refractivity contribution in [3.8, 4) is 0 Å². The molecule has 0 aromatic heterocycles. The molecule has 1 aliphatic heterocycles. The lowest BCUT2D eigenvalue weighted by Gasteiger charge is -2.61. The van der Waals surface area contributed by atoms with Gasteiger partial charge in [0.15, 0.2) is 6.29 Å². The number of hydrogen-bond acceptors (Lipinski definition) is 7. The van der Waals surface area contributed by atoms with E-state index in [-0.39, 0.29) is 18.7 Å². The molecule has 3 N–H and O–H groups in total. The maximum atomic E-state index is 12.2. The van der Waals surface area contributed by atoms with E-state index in [9.17, 15) is 20.1 Å². The zero-order valence-corrected chi connectivity index (χ0v) is 39.7. The monoisotopic (exact) mass is 821 g/mol. The zero-order valence-electron chi connectivity index (χ0n) is 39.7. The van der Waals surface area contributed by atoms with Gasteiger partial charge in [0, 0.05) is 6.42 Å². The maximum absolute atomic E-state index is 12.2. The normalized spacial score (nSPS) is 37.3. The largest absolute Gasteiger partial charge is 0.463 e. The number of ether oxygens (including phenoxy) is 3. The van der Waals surface area contributed by atoms with Crippen LogP contribution in [0.2, 0.25) is 0 Å². The predicted molar refractivity (Wildman–Crippen MR) is 239 cm³/mol. The molecule has 7 nitrogen and oxygen atoms in total. The third-order valence-corrected chi connectivity index (χ3v) is 16.2. The number of aliphatic hydroxyl groups is 3. The first-order chi connectivity index (χ1) is 27.8. The summed E-state index contributed by atoms with van der Waals surface area (Å²) in [6.07, 6.45) is 23.3. The highest BCUT2D eigenvalue weighted by Gasteiger charge is 2.61. The van der Waals surface area contributed by atoms with Crippen LogP contribution in [0.25, 0.3) is 0 Å². The number of carbonyl (C=O) groups excluding carboxylic acids is 1. The van der Waals surface area contributed by atoms with Crippen LogP contribution in [0, 0.1) is 52.3 Å². The number of carbonyl (C=O) groups is 1. The Morgan fingerprint density at radius 2 is 1.29 bits per heavy atom. The number of rotatable bonds is 20. The topological polar surface area (TPSA) is 105 Å². The molecule has 1 saturated heterocycles. The van der Waals surface area contributed by atoms with Gasteiger partial charge in [0.05, 0.1) is 6.10 Å². The van der Waals surface area contributed by atoms with Crippen molar-refractivity contribution in [3.63, 3.8) is 0 Å². The van der Waals surface area contributed by atoms with Crippen molar-refractivity contribution < 1.29 is 34.3 Å². The van der Waals surface area contributed by atoms with E-state index in [2.05, 4.69) is 55.4 Å². The van der Waals surface area contributed by atoms with Crippen molar-refractivity contribution in [2.24, 2.45) is 52.3 Å². The Morgan fingerprint density at radius 1 is 0.690 bits per heavy atom. The lowest BCUT2D eigenvalue weighted by molar-refractivity contribution is -0.317. The Balaban J connectivity index is 0.000000723. The van der Waals surface area contributed by atoms with Crippen LogP contribution in [0.1, 0.15) is 223 Å². The summed E-state index contributed by atoms with van der Waals surface area (Å²) in [5, 5.41) is 32.1. The zero-order chi connectivity index (χ0) is 42.9. The van der Waals surface area contributed by atoms with Gasteiger partial charge in [-0.05, 0) is 116 Å². The fraction of sp³-hybridized carbons (Fsp3) is 0.980. The van der Waals surface area contributed by atoms with Crippen molar-refractivity contribution in [2.45, 2.75) is 260 Å². The molecule has 342 valence electrons. The molecule has 5 fully saturated rings. The summed E-state index contributed by atoms with van der Waals surface area (Å²) in [6.45, 7) is 23.0. The quantitative estimate of drug-likeness (QED) is 0.0638. The minimum Gasteiger partial charge on any atom is -0.463 e. The molecule has 0 radical (unpaired) electrons. The standard InChI is InChI=1S/C40H70O7.C9H20.C2H6/c1-7-8-9-10-14-34(41)45-24-33-35(42)36(43)37(44)38(47-33)46-28-19-21-39(5)27(23-28)15-16-29-31-18-17-30(26(4)13-11-12-25(2)3)40(31,6)22-20-32(29)39;1-3-5-7-9-8-6-4-2;1-2/h25-33,35-38,42-44H,7-24H2,1-6H3;3-9H2,1-2H3;1-2H3/t26-,27+,28+,29+,30?,31+,32?,33?,35+,36+,37?,38-,39?,40?;;/m1../s1. The number of unbranched alkanes of at least 4 members (excludes halogenated alkanes) is 9. The first kappa shape index (κ1) is 51.6. The van der Waals surface area contributed by atoms with Gasteiger partial charge in [-0.1, -0.05) is 153 Å². The fourth-order valence-electron chi connectivity index (χ4n) is 12.7. The Morgan fingerprint density at radius 3 is 1.93 bits per heavy atom. The van der Waals surface area contributed by atoms with E-state index < -0.39 is 30.7 Å². The van der Waals surface area contributed by atoms with Gasteiger partial charge in [-0.15, -0.1) is 0 Å². The molecule has 0 aromatic rings. The minimum atomic E-state index is -1.42. The summed E-state index contributed by atoms with van der Waals surface area (Å²) >= 11 is 0. The van der Waals surface area contributed by atoms with E-state index in [0.717, 1.165) is 80.5 Å². The smallest absolute Gasteiger partial charge is 0.305 e. The summed E-state index contributed by atoms with van der Waals surface area (Å²) in [6, 6.07) is 0. The molecule has 0 bridgehead atoms. The van der Waals surface area contributed by atoms with Crippen LogP contribution < -0.4 is 0 Å². The van der Waals surface area contributed by atoms with Crippen LogP contribution in [0.3, 0.4) is 0 Å². The highest BCUT2D eigenvalue weighted by Crippen LogP contribution is 2.68. The highest BCUT2D eigenvalue weighted by molar-refractivity contribution is 5.69. The molecule has 7 heteroatoms. The predicted octanol–water partition coefficient (Wildman–Crippen LogP) is 12.6. The Labute approximate surface area is 358 Å². The highest BCUT2D eigenvalue weighted by atomic mass is 16.7. The van der Waals surface area contributed by atoms with Crippen molar-refractivity contribution in [1.29, 1.82) is 0 Å². The van der Waals surface area contributed by atoms with E-state index in [1.54, 1.807) is 0 Å². The molecule has 0 spiro atoms. The van der Waals surface area contributed by atoms with Gasteiger partial charge < -0.3 is 29.5 Å². The summed E-state index contributed by atoms with van der Waals surface area (Å²) in [5.41, 5.74) is 0.822. The van der Waals surface area contributed by atoms with Gasteiger partial charge in [-0.3, -0.25) is 4.79 Å². The number of esters is 1. The van der Waals surface area contributed by atoms with Crippen molar-refractivity contribution in [2.75, 3.05) is 6.61 Å². The molecule has 0 aromatic carbocycles. The van der Waals surface area contributed by atoms with E-state index in [4.69, 9.17) is 14.2 Å². The van der Waals surface area contributed by atoms with E-state index in [0.29, 0.717) is 23.2 Å². The van der Waals surface area contributed by atoms with Crippen molar-refractivity contribution in [1.82, 2.24) is 0 Å².